The molecule has 1 aromatic carbocycles. The van der Waals surface area contributed by atoms with Crippen LogP contribution in [0.4, 0.5) is 4.79 Å². The Labute approximate surface area is 130 Å². The van der Waals surface area contributed by atoms with Crippen LogP contribution in [0, 0.1) is 0 Å². The van der Waals surface area contributed by atoms with Gasteiger partial charge in [-0.25, -0.2) is 9.59 Å². The largest absolute Gasteiger partial charge is 0.496 e. The highest BCUT2D eigenvalue weighted by Gasteiger charge is 2.42. The van der Waals surface area contributed by atoms with Crippen molar-refractivity contribution in [2.45, 2.75) is 18.4 Å². The third-order valence-electron chi connectivity index (χ3n) is 3.55. The number of benzene rings is 1. The Bertz CT molecular complexity index is 570. The fourth-order valence-electron chi connectivity index (χ4n) is 2.60. The van der Waals surface area contributed by atoms with Crippen molar-refractivity contribution in [3.63, 3.8) is 0 Å². The molecule has 1 heterocycles. The number of hydrogen-bond donors (Lipinski definition) is 2. The molecule has 1 fully saturated rings. The maximum Gasteiger partial charge on any atom is 0.408 e. The lowest BCUT2D eigenvalue weighted by atomic mass is 9.95. The van der Waals surface area contributed by atoms with Gasteiger partial charge in [-0.1, -0.05) is 23.2 Å². The number of carboxylic acid groups (broad SMARTS) is 2. The summed E-state index contributed by atoms with van der Waals surface area (Å²) in [4.78, 5) is 23.3. The Morgan fingerprint density at radius 1 is 1.33 bits per heavy atom. The molecule has 114 valence electrons. The quantitative estimate of drug-likeness (QED) is 0.887. The number of methoxy groups -OCH3 is 1. The van der Waals surface area contributed by atoms with Crippen molar-refractivity contribution >= 4 is 35.3 Å². The van der Waals surface area contributed by atoms with Crippen LogP contribution in [0.5, 0.6) is 5.75 Å². The number of carbonyl (C=O) groups is 2. The van der Waals surface area contributed by atoms with Gasteiger partial charge in [0.15, 0.2) is 0 Å². The molecular formula is C13H13Cl2NO5. The molecule has 0 aromatic heterocycles. The molecule has 2 N–H and O–H groups in total. The monoisotopic (exact) mass is 333 g/mol. The normalized spacial score (nSPS) is 21.4. The lowest BCUT2D eigenvalue weighted by molar-refractivity contribution is -0.141. The predicted octanol–water partition coefficient (Wildman–Crippen LogP) is 2.92. The summed E-state index contributed by atoms with van der Waals surface area (Å²) in [5.41, 5.74) is 0.543. The molecule has 0 spiro atoms. The van der Waals surface area contributed by atoms with Crippen LogP contribution in [0.2, 0.25) is 10.0 Å². The molecule has 1 saturated heterocycles. The highest BCUT2D eigenvalue weighted by molar-refractivity contribution is 6.42. The number of likely N-dealkylation sites (tertiary alicyclic amines) is 1. The van der Waals surface area contributed by atoms with Gasteiger partial charge < -0.3 is 14.9 Å². The SMILES string of the molecule is COc1ccc(Cl)c(Cl)c1[C@H]1C[C@@H](C(=O)O)N(C(=O)O)C1. The highest BCUT2D eigenvalue weighted by Crippen LogP contribution is 2.43. The Kier molecular flexibility index (Phi) is 4.49. The minimum Gasteiger partial charge on any atom is -0.496 e. The van der Waals surface area contributed by atoms with Gasteiger partial charge in [0.05, 0.1) is 17.2 Å². The summed E-state index contributed by atoms with van der Waals surface area (Å²) in [5.74, 6) is -1.11. The topological polar surface area (TPSA) is 87.1 Å². The maximum absolute atomic E-state index is 11.2. The first-order chi connectivity index (χ1) is 9.86. The van der Waals surface area contributed by atoms with Crippen LogP contribution >= 0.6 is 23.2 Å². The van der Waals surface area contributed by atoms with Crippen molar-refractivity contribution in [1.82, 2.24) is 4.90 Å². The summed E-state index contributed by atoms with van der Waals surface area (Å²) < 4.78 is 5.23. The highest BCUT2D eigenvalue weighted by atomic mass is 35.5. The minimum absolute atomic E-state index is 0.0305. The third kappa shape index (κ3) is 2.87. The smallest absolute Gasteiger partial charge is 0.408 e. The number of nitrogens with zero attached hydrogens (tertiary/aromatic N) is 1. The molecule has 6 nitrogen and oxygen atoms in total. The zero-order valence-electron chi connectivity index (χ0n) is 11.0. The standard InChI is InChI=1S/C13H13Cl2NO5/c1-21-9-3-2-7(14)11(15)10(9)6-4-8(12(17)18)16(5-6)13(19)20/h2-3,6,8H,4-5H2,1H3,(H,17,18)(H,19,20)/t6-,8-/m0/s1. The van der Waals surface area contributed by atoms with E-state index in [1.54, 1.807) is 12.1 Å². The maximum atomic E-state index is 11.2. The van der Waals surface area contributed by atoms with Crippen molar-refractivity contribution in [1.29, 1.82) is 0 Å². The van der Waals surface area contributed by atoms with E-state index >= 15 is 0 Å². The first kappa shape index (κ1) is 15.7. The van der Waals surface area contributed by atoms with Gasteiger partial charge in [0.1, 0.15) is 11.8 Å². The van der Waals surface area contributed by atoms with Crippen LogP contribution < -0.4 is 4.74 Å². The first-order valence-electron chi connectivity index (χ1n) is 6.11. The molecule has 1 amide bonds. The van der Waals surface area contributed by atoms with Crippen molar-refractivity contribution in [2.75, 3.05) is 13.7 Å². The van der Waals surface area contributed by atoms with Crippen molar-refractivity contribution in [2.24, 2.45) is 0 Å². The van der Waals surface area contributed by atoms with Crippen LogP contribution in [-0.4, -0.2) is 46.9 Å². The van der Waals surface area contributed by atoms with E-state index in [-0.39, 0.29) is 23.9 Å². The zero-order chi connectivity index (χ0) is 15.7. The number of hydrogen-bond acceptors (Lipinski definition) is 3. The van der Waals surface area contributed by atoms with E-state index in [1.165, 1.54) is 7.11 Å². The van der Waals surface area contributed by atoms with Gasteiger partial charge in [-0.15, -0.1) is 0 Å². The number of rotatable bonds is 3. The van der Waals surface area contributed by atoms with E-state index in [0.29, 0.717) is 16.3 Å². The minimum atomic E-state index is -1.28. The number of halogens is 2. The molecule has 2 rings (SSSR count). The number of aliphatic carboxylic acids is 1. The lowest BCUT2D eigenvalue weighted by Gasteiger charge is -2.18. The van der Waals surface area contributed by atoms with Gasteiger partial charge in [-0.05, 0) is 18.6 Å². The average molecular weight is 334 g/mol. The summed E-state index contributed by atoms with van der Waals surface area (Å²) in [6, 6.07) is 2.10. The first-order valence-corrected chi connectivity index (χ1v) is 6.86. The second-order valence-corrected chi connectivity index (χ2v) is 5.48. The molecule has 0 saturated carbocycles. The number of ether oxygens (including phenoxy) is 1. The molecule has 0 radical (unpaired) electrons. The second kappa shape index (κ2) is 5.99. The van der Waals surface area contributed by atoms with E-state index in [2.05, 4.69) is 0 Å². The van der Waals surface area contributed by atoms with Gasteiger partial charge in [0.25, 0.3) is 0 Å². The molecular weight excluding hydrogens is 321 g/mol. The van der Waals surface area contributed by atoms with Crippen molar-refractivity contribution in [3.05, 3.63) is 27.7 Å². The Balaban J connectivity index is 2.42. The van der Waals surface area contributed by atoms with E-state index in [4.69, 9.17) is 38.2 Å². The third-order valence-corrected chi connectivity index (χ3v) is 4.37. The molecule has 0 unspecified atom stereocenters. The van der Waals surface area contributed by atoms with Gasteiger partial charge >= 0.3 is 12.1 Å². The van der Waals surface area contributed by atoms with E-state index in [1.807, 2.05) is 0 Å². The van der Waals surface area contributed by atoms with Gasteiger partial charge in [-0.2, -0.15) is 0 Å². The number of carboxylic acids is 1. The van der Waals surface area contributed by atoms with Crippen LogP contribution in [0.15, 0.2) is 12.1 Å². The van der Waals surface area contributed by atoms with Crippen molar-refractivity contribution in [3.8, 4) is 5.75 Å². The summed E-state index contributed by atoms with van der Waals surface area (Å²) in [6.45, 7) is 0.0305. The molecule has 21 heavy (non-hydrogen) atoms. The summed E-state index contributed by atoms with van der Waals surface area (Å²) in [6.07, 6.45) is -1.15. The molecule has 8 heteroatoms. The second-order valence-electron chi connectivity index (χ2n) is 4.70. The molecule has 0 bridgehead atoms. The van der Waals surface area contributed by atoms with Crippen LogP contribution in [0.3, 0.4) is 0 Å². The fraction of sp³-hybridized carbons (Fsp3) is 0.385. The molecule has 1 aliphatic heterocycles. The molecule has 0 aliphatic carbocycles. The van der Waals surface area contributed by atoms with Crippen LogP contribution in [0.25, 0.3) is 0 Å². The number of amides is 1. The van der Waals surface area contributed by atoms with Crippen LogP contribution in [0.1, 0.15) is 17.9 Å². The predicted molar refractivity (Wildman–Crippen MR) is 76.5 cm³/mol. The van der Waals surface area contributed by atoms with Crippen molar-refractivity contribution < 1.29 is 24.5 Å². The Morgan fingerprint density at radius 2 is 2.00 bits per heavy atom. The van der Waals surface area contributed by atoms with Gasteiger partial charge in [0, 0.05) is 18.0 Å². The molecule has 1 aliphatic rings. The molecule has 2 atom stereocenters. The summed E-state index contributed by atoms with van der Waals surface area (Å²) >= 11 is 12.2. The van der Waals surface area contributed by atoms with Gasteiger partial charge in [-0.3, -0.25) is 4.90 Å². The van der Waals surface area contributed by atoms with Gasteiger partial charge in [0.2, 0.25) is 0 Å². The van der Waals surface area contributed by atoms with E-state index in [0.717, 1.165) is 4.90 Å². The molecule has 1 aromatic rings. The Hall–Kier alpha value is -1.66. The average Bonchev–Trinajstić information content (AvgIpc) is 2.86. The lowest BCUT2D eigenvalue weighted by Crippen LogP contribution is -2.39. The Morgan fingerprint density at radius 3 is 2.48 bits per heavy atom. The zero-order valence-corrected chi connectivity index (χ0v) is 12.6. The fourth-order valence-corrected chi connectivity index (χ4v) is 3.07. The van der Waals surface area contributed by atoms with E-state index in [9.17, 15) is 9.59 Å². The summed E-state index contributed by atoms with van der Waals surface area (Å²) in [7, 11) is 1.46. The van der Waals surface area contributed by atoms with E-state index < -0.39 is 18.1 Å². The van der Waals surface area contributed by atoms with Crippen LogP contribution in [-0.2, 0) is 4.79 Å². The summed E-state index contributed by atoms with van der Waals surface area (Å²) in [5, 5.41) is 18.8.